The number of benzene rings is 1. The lowest BCUT2D eigenvalue weighted by molar-refractivity contribution is -0.0193. The fourth-order valence-electron chi connectivity index (χ4n) is 2.09. The van der Waals surface area contributed by atoms with Crippen LogP contribution in [0.3, 0.4) is 0 Å². The minimum Gasteiger partial charge on any atom is -0.389 e. The molecule has 0 spiro atoms. The zero-order chi connectivity index (χ0) is 15.7. The summed E-state index contributed by atoms with van der Waals surface area (Å²) in [7, 11) is 2.02. The van der Waals surface area contributed by atoms with Gasteiger partial charge in [0.1, 0.15) is 0 Å². The van der Waals surface area contributed by atoms with Crippen LogP contribution in [0.5, 0.6) is 0 Å². The molecule has 0 unspecified atom stereocenters. The molecule has 1 aromatic rings. The van der Waals surface area contributed by atoms with E-state index in [2.05, 4.69) is 24.0 Å². The van der Waals surface area contributed by atoms with E-state index in [1.165, 1.54) is 5.56 Å². The van der Waals surface area contributed by atoms with Crippen LogP contribution >= 0.6 is 0 Å². The Bertz CT molecular complexity index is 370. The Morgan fingerprint density at radius 3 is 2.38 bits per heavy atom. The van der Waals surface area contributed by atoms with E-state index < -0.39 is 6.10 Å². The van der Waals surface area contributed by atoms with Gasteiger partial charge in [-0.1, -0.05) is 30.3 Å². The van der Waals surface area contributed by atoms with Gasteiger partial charge in [0.15, 0.2) is 0 Å². The molecule has 2 atom stereocenters. The van der Waals surface area contributed by atoms with Gasteiger partial charge < -0.3 is 14.6 Å². The number of hydrogen-bond acceptors (Lipinski definition) is 4. The molecular weight excluding hydrogens is 266 g/mol. The Kier molecular flexibility index (Phi) is 8.54. The molecule has 0 aliphatic heterocycles. The average Bonchev–Trinajstić information content (AvgIpc) is 2.46. The lowest BCUT2D eigenvalue weighted by Crippen LogP contribution is -2.34. The molecule has 0 radical (unpaired) electrons. The monoisotopic (exact) mass is 295 g/mol. The molecule has 0 aliphatic carbocycles. The lowest BCUT2D eigenvalue weighted by atomic mass is 10.1. The first kappa shape index (κ1) is 18.1. The van der Waals surface area contributed by atoms with Crippen molar-refractivity contribution in [2.75, 3.05) is 33.4 Å². The molecule has 1 N–H and O–H groups in total. The number of nitrogens with zero attached hydrogens (tertiary/aromatic N) is 1. The van der Waals surface area contributed by atoms with Gasteiger partial charge in [-0.3, -0.25) is 4.90 Å². The van der Waals surface area contributed by atoms with Crippen LogP contribution in [-0.4, -0.2) is 55.6 Å². The van der Waals surface area contributed by atoms with E-state index in [1.807, 2.05) is 39.1 Å². The molecule has 0 fully saturated rings. The van der Waals surface area contributed by atoms with E-state index in [4.69, 9.17) is 9.47 Å². The van der Waals surface area contributed by atoms with Crippen molar-refractivity contribution in [2.24, 2.45) is 0 Å². The van der Waals surface area contributed by atoms with E-state index in [0.717, 1.165) is 0 Å². The Morgan fingerprint density at radius 1 is 1.10 bits per heavy atom. The Hall–Kier alpha value is -0.940. The summed E-state index contributed by atoms with van der Waals surface area (Å²) in [5.41, 5.74) is 1.25. The summed E-state index contributed by atoms with van der Waals surface area (Å²) in [4.78, 5) is 2.13. The smallest absolute Gasteiger partial charge is 0.0900 e. The summed E-state index contributed by atoms with van der Waals surface area (Å²) in [6.07, 6.45) is -0.267. The van der Waals surface area contributed by atoms with Gasteiger partial charge in [-0.15, -0.1) is 0 Å². The van der Waals surface area contributed by atoms with Crippen LogP contribution in [0.15, 0.2) is 30.3 Å². The van der Waals surface area contributed by atoms with Crippen molar-refractivity contribution in [2.45, 2.75) is 39.0 Å². The van der Waals surface area contributed by atoms with Crippen molar-refractivity contribution < 1.29 is 14.6 Å². The van der Waals surface area contributed by atoms with E-state index in [0.29, 0.717) is 26.4 Å². The summed E-state index contributed by atoms with van der Waals surface area (Å²) in [5.74, 6) is 0. The Morgan fingerprint density at radius 2 is 1.76 bits per heavy atom. The van der Waals surface area contributed by atoms with E-state index in [9.17, 15) is 5.11 Å². The Labute approximate surface area is 128 Å². The number of ether oxygens (including phenoxy) is 2. The fourth-order valence-corrected chi connectivity index (χ4v) is 2.09. The maximum Gasteiger partial charge on any atom is 0.0900 e. The fraction of sp³-hybridized carbons (Fsp3) is 0.647. The van der Waals surface area contributed by atoms with Gasteiger partial charge in [0, 0.05) is 12.6 Å². The second-order valence-electron chi connectivity index (χ2n) is 5.67. The normalized spacial score (nSPS) is 14.6. The Balaban J connectivity index is 2.22. The van der Waals surface area contributed by atoms with Crippen molar-refractivity contribution in [3.63, 3.8) is 0 Å². The van der Waals surface area contributed by atoms with Crippen LogP contribution in [-0.2, 0) is 9.47 Å². The van der Waals surface area contributed by atoms with Gasteiger partial charge in [-0.2, -0.15) is 0 Å². The average molecular weight is 295 g/mol. The maximum absolute atomic E-state index is 10.0. The SMILES string of the molecule is CC(C)OCCOC[C@@H](O)CN(C)[C@@H](C)c1ccccc1. The van der Waals surface area contributed by atoms with Crippen LogP contribution < -0.4 is 0 Å². The van der Waals surface area contributed by atoms with Crippen LogP contribution in [0.4, 0.5) is 0 Å². The zero-order valence-corrected chi connectivity index (χ0v) is 13.7. The largest absolute Gasteiger partial charge is 0.389 e. The highest BCUT2D eigenvalue weighted by Gasteiger charge is 2.15. The molecule has 0 bridgehead atoms. The minimum absolute atomic E-state index is 0.219. The molecule has 0 saturated heterocycles. The molecule has 120 valence electrons. The van der Waals surface area contributed by atoms with Gasteiger partial charge in [-0.25, -0.2) is 0 Å². The highest BCUT2D eigenvalue weighted by Crippen LogP contribution is 2.18. The number of likely N-dealkylation sites (N-methyl/N-ethyl adjacent to an activating group) is 1. The molecule has 0 aromatic heterocycles. The third kappa shape index (κ3) is 7.58. The van der Waals surface area contributed by atoms with Crippen LogP contribution in [0.25, 0.3) is 0 Å². The van der Waals surface area contributed by atoms with Gasteiger partial charge in [0.05, 0.1) is 32.0 Å². The summed E-state index contributed by atoms with van der Waals surface area (Å²) in [6, 6.07) is 10.6. The molecular formula is C17H29NO3. The molecule has 21 heavy (non-hydrogen) atoms. The molecule has 4 heteroatoms. The highest BCUT2D eigenvalue weighted by molar-refractivity contribution is 5.18. The van der Waals surface area contributed by atoms with Crippen LogP contribution in [0, 0.1) is 0 Å². The van der Waals surface area contributed by atoms with E-state index >= 15 is 0 Å². The van der Waals surface area contributed by atoms with Crippen molar-refractivity contribution >= 4 is 0 Å². The van der Waals surface area contributed by atoms with Crippen molar-refractivity contribution in [3.05, 3.63) is 35.9 Å². The third-order valence-corrected chi connectivity index (χ3v) is 3.43. The molecule has 1 rings (SSSR count). The number of rotatable bonds is 10. The highest BCUT2D eigenvalue weighted by atomic mass is 16.5. The number of aliphatic hydroxyl groups excluding tert-OH is 1. The predicted molar refractivity (Wildman–Crippen MR) is 85.4 cm³/mol. The van der Waals surface area contributed by atoms with Gasteiger partial charge >= 0.3 is 0 Å². The van der Waals surface area contributed by atoms with Crippen molar-refractivity contribution in [1.29, 1.82) is 0 Å². The second-order valence-corrected chi connectivity index (χ2v) is 5.67. The molecule has 0 heterocycles. The molecule has 0 aliphatic rings. The first-order valence-electron chi connectivity index (χ1n) is 7.63. The minimum atomic E-state index is -0.486. The third-order valence-electron chi connectivity index (χ3n) is 3.43. The lowest BCUT2D eigenvalue weighted by Gasteiger charge is -2.27. The first-order chi connectivity index (χ1) is 10.0. The van der Waals surface area contributed by atoms with Gasteiger partial charge in [-0.05, 0) is 33.4 Å². The standard InChI is InChI=1S/C17H29NO3/c1-14(2)21-11-10-20-13-17(19)12-18(4)15(3)16-8-6-5-7-9-16/h5-9,14-15,17,19H,10-13H2,1-4H3/t15-,17-/m0/s1. The quantitative estimate of drug-likeness (QED) is 0.673. The van der Waals surface area contributed by atoms with Gasteiger partial charge in [0.2, 0.25) is 0 Å². The van der Waals surface area contributed by atoms with Crippen LogP contribution in [0.2, 0.25) is 0 Å². The van der Waals surface area contributed by atoms with Crippen molar-refractivity contribution in [1.82, 2.24) is 4.90 Å². The summed E-state index contributed by atoms with van der Waals surface area (Å²) in [6.45, 7) is 8.14. The summed E-state index contributed by atoms with van der Waals surface area (Å²) in [5, 5.41) is 10.0. The summed E-state index contributed by atoms with van der Waals surface area (Å²) >= 11 is 0. The van der Waals surface area contributed by atoms with Crippen LogP contribution in [0.1, 0.15) is 32.4 Å². The van der Waals surface area contributed by atoms with Crippen molar-refractivity contribution in [3.8, 4) is 0 Å². The second kappa shape index (κ2) is 9.90. The molecule has 0 amide bonds. The predicted octanol–water partition coefficient (Wildman–Crippen LogP) is 2.48. The zero-order valence-electron chi connectivity index (χ0n) is 13.7. The maximum atomic E-state index is 10.0. The molecule has 0 saturated carbocycles. The van der Waals surface area contributed by atoms with E-state index in [1.54, 1.807) is 0 Å². The van der Waals surface area contributed by atoms with Gasteiger partial charge in [0.25, 0.3) is 0 Å². The first-order valence-corrected chi connectivity index (χ1v) is 7.63. The summed E-state index contributed by atoms with van der Waals surface area (Å²) < 4.78 is 10.8. The molecule has 1 aromatic carbocycles. The number of aliphatic hydroxyl groups is 1. The number of hydrogen-bond donors (Lipinski definition) is 1. The molecule has 4 nitrogen and oxygen atoms in total. The topological polar surface area (TPSA) is 41.9 Å². The van der Waals surface area contributed by atoms with E-state index in [-0.39, 0.29) is 12.1 Å².